The van der Waals surface area contributed by atoms with Crippen LogP contribution in [0.1, 0.15) is 11.1 Å². The normalized spacial score (nSPS) is 10.0. The van der Waals surface area contributed by atoms with E-state index in [4.69, 9.17) is 5.73 Å². The molecule has 0 aliphatic heterocycles. The molecule has 5 nitrogen and oxygen atoms in total. The second kappa shape index (κ2) is 7.21. The first-order chi connectivity index (χ1) is 10.6. The fourth-order valence-corrected chi connectivity index (χ4v) is 1.97. The van der Waals surface area contributed by atoms with Gasteiger partial charge in [-0.3, -0.25) is 4.79 Å². The number of hydrogen-bond donors (Lipinski definition) is 3. The third-order valence-corrected chi connectivity index (χ3v) is 3.03. The van der Waals surface area contributed by atoms with E-state index < -0.39 is 11.9 Å². The Balaban J connectivity index is 1.98. The van der Waals surface area contributed by atoms with Crippen LogP contribution in [0.15, 0.2) is 48.5 Å². The highest BCUT2D eigenvalue weighted by Gasteiger charge is 2.09. The molecule has 6 heteroatoms. The van der Waals surface area contributed by atoms with E-state index in [1.807, 2.05) is 0 Å². The van der Waals surface area contributed by atoms with Gasteiger partial charge in [-0.2, -0.15) is 0 Å². The first kappa shape index (κ1) is 15.5. The quantitative estimate of drug-likeness (QED) is 0.790. The Morgan fingerprint density at radius 2 is 1.64 bits per heavy atom. The Bertz CT molecular complexity index is 689. The Hall–Kier alpha value is -2.89. The number of urea groups is 1. The highest BCUT2D eigenvalue weighted by Crippen LogP contribution is 2.15. The van der Waals surface area contributed by atoms with Crippen LogP contribution in [0.4, 0.5) is 14.9 Å². The summed E-state index contributed by atoms with van der Waals surface area (Å²) in [5.74, 6) is -0.863. The summed E-state index contributed by atoms with van der Waals surface area (Å²) in [6.07, 6.45) is 0.0315. The number of para-hydroxylation sites is 1. The maximum absolute atomic E-state index is 13.5. The summed E-state index contributed by atoms with van der Waals surface area (Å²) in [7, 11) is 0. The van der Waals surface area contributed by atoms with Gasteiger partial charge in [0.25, 0.3) is 0 Å². The van der Waals surface area contributed by atoms with Crippen molar-refractivity contribution in [2.75, 3.05) is 5.32 Å². The predicted octanol–water partition coefficient (Wildman–Crippen LogP) is 2.18. The fourth-order valence-electron chi connectivity index (χ4n) is 1.97. The second-order valence-corrected chi connectivity index (χ2v) is 4.70. The zero-order valence-corrected chi connectivity index (χ0v) is 11.8. The van der Waals surface area contributed by atoms with E-state index in [2.05, 4.69) is 10.6 Å². The standard InChI is InChI=1S/C16H16FN3O2/c17-13-7-3-1-6-12(13)10-19-16(22)20-14-8-4-2-5-11(14)9-15(18)21/h1-8H,9-10H2,(H2,18,21)(H2,19,20,22). The first-order valence-electron chi connectivity index (χ1n) is 6.70. The molecule has 0 saturated heterocycles. The van der Waals surface area contributed by atoms with Gasteiger partial charge in [-0.05, 0) is 17.7 Å². The molecule has 2 rings (SSSR count). The maximum atomic E-state index is 13.5. The van der Waals surface area contributed by atoms with Crippen molar-refractivity contribution < 1.29 is 14.0 Å². The van der Waals surface area contributed by atoms with E-state index in [1.54, 1.807) is 42.5 Å². The molecule has 0 atom stereocenters. The van der Waals surface area contributed by atoms with Crippen LogP contribution in [0.2, 0.25) is 0 Å². The molecule has 0 aliphatic rings. The Labute approximate surface area is 127 Å². The minimum Gasteiger partial charge on any atom is -0.369 e. The van der Waals surface area contributed by atoms with Crippen LogP contribution < -0.4 is 16.4 Å². The van der Waals surface area contributed by atoms with Crippen LogP contribution in [-0.2, 0) is 17.8 Å². The van der Waals surface area contributed by atoms with E-state index in [0.717, 1.165) is 0 Å². The van der Waals surface area contributed by atoms with Gasteiger partial charge < -0.3 is 16.4 Å². The zero-order valence-electron chi connectivity index (χ0n) is 11.8. The summed E-state index contributed by atoms with van der Waals surface area (Å²) in [6.45, 7) is 0.0660. The van der Waals surface area contributed by atoms with E-state index in [0.29, 0.717) is 16.8 Å². The molecule has 114 valence electrons. The summed E-state index contributed by atoms with van der Waals surface area (Å²) in [6, 6.07) is 12.6. The van der Waals surface area contributed by atoms with E-state index in [9.17, 15) is 14.0 Å². The molecule has 0 aliphatic carbocycles. The highest BCUT2D eigenvalue weighted by molar-refractivity contribution is 5.91. The van der Waals surface area contributed by atoms with Crippen molar-refractivity contribution in [3.63, 3.8) is 0 Å². The fraction of sp³-hybridized carbons (Fsp3) is 0.125. The molecule has 2 aromatic rings. The van der Waals surface area contributed by atoms with Crippen molar-refractivity contribution >= 4 is 17.6 Å². The summed E-state index contributed by atoms with van der Waals surface area (Å²) in [5, 5.41) is 5.19. The SMILES string of the molecule is NC(=O)Cc1ccccc1NC(=O)NCc1ccccc1F. The number of benzene rings is 2. The lowest BCUT2D eigenvalue weighted by atomic mass is 10.1. The van der Waals surface area contributed by atoms with Gasteiger partial charge in [0.15, 0.2) is 0 Å². The summed E-state index contributed by atoms with van der Waals surface area (Å²) < 4.78 is 13.5. The van der Waals surface area contributed by atoms with E-state index in [-0.39, 0.29) is 18.8 Å². The van der Waals surface area contributed by atoms with Crippen LogP contribution in [-0.4, -0.2) is 11.9 Å². The van der Waals surface area contributed by atoms with Crippen LogP contribution >= 0.6 is 0 Å². The molecule has 0 saturated carbocycles. The van der Waals surface area contributed by atoms with Crippen LogP contribution in [0, 0.1) is 5.82 Å². The number of nitrogens with one attached hydrogen (secondary N) is 2. The number of anilines is 1. The number of carbonyl (C=O) groups excluding carboxylic acids is 2. The minimum absolute atomic E-state index is 0.0315. The molecule has 0 fully saturated rings. The molecule has 3 amide bonds. The zero-order chi connectivity index (χ0) is 15.9. The van der Waals surface area contributed by atoms with Gasteiger partial charge in [0.1, 0.15) is 5.82 Å². The molecule has 0 heterocycles. The number of primary amides is 1. The smallest absolute Gasteiger partial charge is 0.319 e. The van der Waals surface area contributed by atoms with Gasteiger partial charge in [0, 0.05) is 17.8 Å². The molecule has 0 spiro atoms. The van der Waals surface area contributed by atoms with Gasteiger partial charge in [-0.15, -0.1) is 0 Å². The topological polar surface area (TPSA) is 84.2 Å². The van der Waals surface area contributed by atoms with Crippen LogP contribution in [0.5, 0.6) is 0 Å². The lowest BCUT2D eigenvalue weighted by molar-refractivity contribution is -0.117. The summed E-state index contributed by atoms with van der Waals surface area (Å²) >= 11 is 0. The Kier molecular flexibility index (Phi) is 5.08. The van der Waals surface area contributed by atoms with Crippen LogP contribution in [0.25, 0.3) is 0 Å². The predicted molar refractivity (Wildman–Crippen MR) is 81.6 cm³/mol. The molecule has 0 aromatic heterocycles. The number of halogens is 1. The maximum Gasteiger partial charge on any atom is 0.319 e. The van der Waals surface area contributed by atoms with Gasteiger partial charge in [-0.1, -0.05) is 36.4 Å². The third-order valence-electron chi connectivity index (χ3n) is 3.03. The highest BCUT2D eigenvalue weighted by atomic mass is 19.1. The third kappa shape index (κ3) is 4.31. The van der Waals surface area contributed by atoms with Gasteiger partial charge in [0.2, 0.25) is 5.91 Å². The van der Waals surface area contributed by atoms with Crippen molar-refractivity contribution in [1.82, 2.24) is 5.32 Å². The monoisotopic (exact) mass is 301 g/mol. The van der Waals surface area contributed by atoms with E-state index >= 15 is 0 Å². The van der Waals surface area contributed by atoms with Gasteiger partial charge in [0.05, 0.1) is 6.42 Å². The molecule has 22 heavy (non-hydrogen) atoms. The molecule has 0 bridgehead atoms. The average molecular weight is 301 g/mol. The van der Waals surface area contributed by atoms with Crippen molar-refractivity contribution in [3.8, 4) is 0 Å². The number of rotatable bonds is 5. The van der Waals surface area contributed by atoms with Crippen molar-refractivity contribution in [2.24, 2.45) is 5.73 Å². The lowest BCUT2D eigenvalue weighted by Crippen LogP contribution is -2.29. The van der Waals surface area contributed by atoms with Crippen molar-refractivity contribution in [1.29, 1.82) is 0 Å². The molecular weight excluding hydrogens is 285 g/mol. The molecule has 2 aromatic carbocycles. The lowest BCUT2D eigenvalue weighted by Gasteiger charge is -2.11. The Morgan fingerprint density at radius 3 is 2.32 bits per heavy atom. The molecule has 4 N–H and O–H groups in total. The summed E-state index contributed by atoms with van der Waals surface area (Å²) in [5.41, 5.74) is 6.67. The molecular formula is C16H16FN3O2. The molecule has 0 radical (unpaired) electrons. The van der Waals surface area contributed by atoms with Crippen molar-refractivity contribution in [2.45, 2.75) is 13.0 Å². The average Bonchev–Trinajstić information content (AvgIpc) is 2.48. The van der Waals surface area contributed by atoms with E-state index in [1.165, 1.54) is 6.07 Å². The number of hydrogen-bond acceptors (Lipinski definition) is 2. The largest absolute Gasteiger partial charge is 0.369 e. The Morgan fingerprint density at radius 1 is 1.00 bits per heavy atom. The van der Waals surface area contributed by atoms with Gasteiger partial charge >= 0.3 is 6.03 Å². The number of amides is 3. The summed E-state index contributed by atoms with van der Waals surface area (Å²) in [4.78, 5) is 22.9. The van der Waals surface area contributed by atoms with Gasteiger partial charge in [-0.25, -0.2) is 9.18 Å². The second-order valence-electron chi connectivity index (χ2n) is 4.70. The van der Waals surface area contributed by atoms with Crippen LogP contribution in [0.3, 0.4) is 0 Å². The van der Waals surface area contributed by atoms with Crippen molar-refractivity contribution in [3.05, 3.63) is 65.5 Å². The minimum atomic E-state index is -0.486. The number of nitrogens with two attached hydrogens (primary N) is 1. The molecule has 0 unspecified atom stereocenters. The number of carbonyl (C=O) groups is 2. The first-order valence-corrected chi connectivity index (χ1v) is 6.70.